The van der Waals surface area contributed by atoms with Gasteiger partial charge in [0, 0.05) is 10.4 Å². The van der Waals surface area contributed by atoms with Crippen LogP contribution >= 0.6 is 11.3 Å². The van der Waals surface area contributed by atoms with Gasteiger partial charge in [-0.3, -0.25) is 4.79 Å². The maximum atomic E-state index is 12.3. The molecule has 1 aliphatic rings. The molecule has 1 unspecified atom stereocenters. The second-order valence-corrected chi connectivity index (χ2v) is 5.97. The van der Waals surface area contributed by atoms with E-state index in [0.717, 1.165) is 0 Å². The van der Waals surface area contributed by atoms with Gasteiger partial charge in [-0.05, 0) is 54.5 Å². The van der Waals surface area contributed by atoms with Gasteiger partial charge in [0.25, 0.3) is 5.91 Å². The van der Waals surface area contributed by atoms with Crippen LogP contribution in [-0.2, 0) is 0 Å². The van der Waals surface area contributed by atoms with Crippen LogP contribution in [-0.4, -0.2) is 5.91 Å². The Morgan fingerprint density at radius 2 is 2.05 bits per heavy atom. The zero-order valence-electron chi connectivity index (χ0n) is 10.9. The SMILES string of the molecule is N#Cc1ccc(C(=O)NC(c2cccs2)C2CC2)cc1. The molecule has 0 saturated heterocycles. The van der Waals surface area contributed by atoms with Crippen molar-refractivity contribution in [3.8, 4) is 6.07 Å². The third kappa shape index (κ3) is 2.73. The molecule has 1 amide bonds. The zero-order valence-corrected chi connectivity index (χ0v) is 11.7. The van der Waals surface area contributed by atoms with E-state index in [2.05, 4.69) is 17.5 Å². The highest BCUT2D eigenvalue weighted by Gasteiger charge is 2.34. The monoisotopic (exact) mass is 282 g/mol. The summed E-state index contributed by atoms with van der Waals surface area (Å²) in [7, 11) is 0. The lowest BCUT2D eigenvalue weighted by Gasteiger charge is -2.17. The number of nitrogens with zero attached hydrogens (tertiary/aromatic N) is 1. The summed E-state index contributed by atoms with van der Waals surface area (Å²) in [5, 5.41) is 13.9. The van der Waals surface area contributed by atoms with Crippen LogP contribution in [0.4, 0.5) is 0 Å². The highest BCUT2D eigenvalue weighted by Crippen LogP contribution is 2.42. The summed E-state index contributed by atoms with van der Waals surface area (Å²) in [6.07, 6.45) is 2.35. The molecule has 1 aromatic heterocycles. The Morgan fingerprint density at radius 3 is 2.60 bits per heavy atom. The fraction of sp³-hybridized carbons (Fsp3) is 0.250. The Balaban J connectivity index is 1.75. The van der Waals surface area contributed by atoms with Crippen LogP contribution in [0.1, 0.15) is 39.7 Å². The van der Waals surface area contributed by atoms with Crippen molar-refractivity contribution >= 4 is 17.2 Å². The highest BCUT2D eigenvalue weighted by atomic mass is 32.1. The van der Waals surface area contributed by atoms with Gasteiger partial charge in [-0.25, -0.2) is 0 Å². The first-order valence-electron chi connectivity index (χ1n) is 6.62. The van der Waals surface area contributed by atoms with Crippen LogP contribution in [0.25, 0.3) is 0 Å². The maximum absolute atomic E-state index is 12.3. The van der Waals surface area contributed by atoms with Crippen molar-refractivity contribution in [1.29, 1.82) is 5.26 Å². The van der Waals surface area contributed by atoms with Crippen molar-refractivity contribution in [2.24, 2.45) is 5.92 Å². The molecule has 100 valence electrons. The topological polar surface area (TPSA) is 52.9 Å². The van der Waals surface area contributed by atoms with Crippen LogP contribution in [0.15, 0.2) is 41.8 Å². The molecular weight excluding hydrogens is 268 g/mol. The number of amides is 1. The number of carbonyl (C=O) groups is 1. The molecule has 1 atom stereocenters. The Kier molecular flexibility index (Phi) is 3.53. The van der Waals surface area contributed by atoms with Crippen molar-refractivity contribution < 1.29 is 4.79 Å². The van der Waals surface area contributed by atoms with Gasteiger partial charge in [0.15, 0.2) is 0 Å². The lowest BCUT2D eigenvalue weighted by Crippen LogP contribution is -2.29. The Bertz CT molecular complexity index is 636. The highest BCUT2D eigenvalue weighted by molar-refractivity contribution is 7.10. The average Bonchev–Trinajstić information content (AvgIpc) is 3.19. The second kappa shape index (κ2) is 5.48. The Hall–Kier alpha value is -2.12. The molecule has 1 saturated carbocycles. The van der Waals surface area contributed by atoms with E-state index in [-0.39, 0.29) is 11.9 Å². The summed E-state index contributed by atoms with van der Waals surface area (Å²) in [5.74, 6) is 0.496. The van der Waals surface area contributed by atoms with E-state index in [1.165, 1.54) is 17.7 Å². The molecule has 2 aromatic rings. The summed E-state index contributed by atoms with van der Waals surface area (Å²) >= 11 is 1.68. The van der Waals surface area contributed by atoms with Gasteiger partial charge in [-0.1, -0.05) is 6.07 Å². The van der Waals surface area contributed by atoms with E-state index >= 15 is 0 Å². The first kappa shape index (κ1) is 12.9. The quantitative estimate of drug-likeness (QED) is 0.933. The molecule has 1 aliphatic carbocycles. The minimum absolute atomic E-state index is 0.0696. The number of hydrogen-bond acceptors (Lipinski definition) is 3. The molecular formula is C16H14N2OS. The van der Waals surface area contributed by atoms with Gasteiger partial charge < -0.3 is 5.32 Å². The van der Waals surface area contributed by atoms with Crippen molar-refractivity contribution in [3.05, 3.63) is 57.8 Å². The van der Waals surface area contributed by atoms with E-state index < -0.39 is 0 Å². The number of nitriles is 1. The number of benzene rings is 1. The van der Waals surface area contributed by atoms with E-state index in [1.807, 2.05) is 11.4 Å². The average molecular weight is 282 g/mol. The largest absolute Gasteiger partial charge is 0.344 e. The van der Waals surface area contributed by atoms with E-state index in [4.69, 9.17) is 5.26 Å². The van der Waals surface area contributed by atoms with E-state index in [9.17, 15) is 4.79 Å². The van der Waals surface area contributed by atoms with Gasteiger partial charge in [-0.15, -0.1) is 11.3 Å². The summed E-state index contributed by atoms with van der Waals surface area (Å²) in [4.78, 5) is 13.5. The van der Waals surface area contributed by atoms with E-state index in [1.54, 1.807) is 35.6 Å². The van der Waals surface area contributed by atoms with Gasteiger partial charge in [-0.2, -0.15) is 5.26 Å². The number of carbonyl (C=O) groups excluding carboxylic acids is 1. The van der Waals surface area contributed by atoms with E-state index in [0.29, 0.717) is 17.0 Å². The fourth-order valence-corrected chi connectivity index (χ4v) is 3.11. The number of hydrogen-bond donors (Lipinski definition) is 1. The molecule has 3 rings (SSSR count). The van der Waals surface area contributed by atoms with Crippen LogP contribution in [0.2, 0.25) is 0 Å². The third-order valence-electron chi connectivity index (χ3n) is 3.51. The van der Waals surface area contributed by atoms with Gasteiger partial charge in [0.05, 0.1) is 17.7 Å². The Morgan fingerprint density at radius 1 is 1.30 bits per heavy atom. The molecule has 3 nitrogen and oxygen atoms in total. The number of rotatable bonds is 4. The number of nitrogens with one attached hydrogen (secondary N) is 1. The summed E-state index contributed by atoms with van der Waals surface area (Å²) in [5.41, 5.74) is 1.17. The molecule has 1 heterocycles. The predicted octanol–water partition coefficient (Wildman–Crippen LogP) is 3.50. The maximum Gasteiger partial charge on any atom is 0.251 e. The minimum atomic E-state index is -0.0696. The molecule has 0 aliphatic heterocycles. The summed E-state index contributed by atoms with van der Waals surface area (Å²) in [6.45, 7) is 0. The van der Waals surface area contributed by atoms with Gasteiger partial charge >= 0.3 is 0 Å². The first-order valence-corrected chi connectivity index (χ1v) is 7.50. The van der Waals surface area contributed by atoms with Gasteiger partial charge in [0.1, 0.15) is 0 Å². The molecule has 1 aromatic carbocycles. The lowest BCUT2D eigenvalue weighted by molar-refractivity contribution is 0.0932. The number of thiophene rings is 1. The second-order valence-electron chi connectivity index (χ2n) is 4.99. The third-order valence-corrected chi connectivity index (χ3v) is 4.46. The van der Waals surface area contributed by atoms with Gasteiger partial charge in [0.2, 0.25) is 0 Å². The molecule has 20 heavy (non-hydrogen) atoms. The summed E-state index contributed by atoms with van der Waals surface area (Å²) in [6, 6.07) is 13.0. The van der Waals surface area contributed by atoms with Crippen molar-refractivity contribution in [2.75, 3.05) is 0 Å². The van der Waals surface area contributed by atoms with Crippen molar-refractivity contribution in [2.45, 2.75) is 18.9 Å². The van der Waals surface area contributed by atoms with Crippen LogP contribution < -0.4 is 5.32 Å². The predicted molar refractivity (Wildman–Crippen MR) is 78.4 cm³/mol. The standard InChI is InChI=1S/C16H14N2OS/c17-10-11-3-5-13(6-4-11)16(19)18-15(12-7-8-12)14-2-1-9-20-14/h1-6,9,12,15H,7-8H2,(H,18,19). The normalized spacial score (nSPS) is 15.3. The van der Waals surface area contributed by atoms with Crippen LogP contribution in [0.5, 0.6) is 0 Å². The molecule has 4 heteroatoms. The molecule has 0 radical (unpaired) electrons. The van der Waals surface area contributed by atoms with Crippen LogP contribution in [0.3, 0.4) is 0 Å². The van der Waals surface area contributed by atoms with Crippen molar-refractivity contribution in [1.82, 2.24) is 5.32 Å². The fourth-order valence-electron chi connectivity index (χ4n) is 2.24. The smallest absolute Gasteiger partial charge is 0.251 e. The molecule has 0 bridgehead atoms. The van der Waals surface area contributed by atoms with Crippen molar-refractivity contribution in [3.63, 3.8) is 0 Å². The molecule has 0 spiro atoms. The zero-order chi connectivity index (χ0) is 13.9. The Labute approximate surface area is 121 Å². The first-order chi connectivity index (χ1) is 9.78. The van der Waals surface area contributed by atoms with Crippen LogP contribution in [0, 0.1) is 17.2 Å². The lowest BCUT2D eigenvalue weighted by atomic mass is 10.1. The molecule has 1 N–H and O–H groups in total. The minimum Gasteiger partial charge on any atom is -0.344 e. The summed E-state index contributed by atoms with van der Waals surface area (Å²) < 4.78 is 0. The molecule has 1 fully saturated rings.